The Kier molecular flexibility index (Phi) is 8.19. The summed E-state index contributed by atoms with van der Waals surface area (Å²) in [4.78, 5) is 14.0. The minimum absolute atomic E-state index is 0.343. The molecule has 1 heterocycles. The smallest absolute Gasteiger partial charge is 0.134 e. The zero-order valence-corrected chi connectivity index (χ0v) is 15.7. The predicted octanol–water partition coefficient (Wildman–Crippen LogP) is 3.92. The van der Waals surface area contributed by atoms with Gasteiger partial charge in [-0.1, -0.05) is 27.7 Å². The van der Waals surface area contributed by atoms with E-state index in [0.29, 0.717) is 5.92 Å². The van der Waals surface area contributed by atoms with E-state index in [1.54, 1.807) is 0 Å². The van der Waals surface area contributed by atoms with Crippen molar-refractivity contribution in [2.45, 2.75) is 47.0 Å². The molecule has 1 rings (SSSR count). The Labute approximate surface area is 138 Å². The van der Waals surface area contributed by atoms with Gasteiger partial charge in [-0.3, -0.25) is 0 Å². The fourth-order valence-corrected chi connectivity index (χ4v) is 2.69. The van der Waals surface area contributed by atoms with Gasteiger partial charge in [0.1, 0.15) is 16.2 Å². The fraction of sp³-hybridized carbons (Fsp3) is 0.750. The lowest BCUT2D eigenvalue weighted by molar-refractivity contribution is 0.300. The van der Waals surface area contributed by atoms with Crippen LogP contribution in [-0.4, -0.2) is 47.6 Å². The molecule has 4 nitrogen and oxygen atoms in total. The van der Waals surface area contributed by atoms with E-state index in [0.717, 1.165) is 55.4 Å². The van der Waals surface area contributed by atoms with Crippen molar-refractivity contribution < 1.29 is 0 Å². The Bertz CT molecular complexity index is 419. The van der Waals surface area contributed by atoms with Gasteiger partial charge in [0.15, 0.2) is 0 Å². The Morgan fingerprint density at radius 2 is 1.71 bits per heavy atom. The second kappa shape index (κ2) is 9.36. The van der Waals surface area contributed by atoms with Crippen LogP contribution in [0.3, 0.4) is 0 Å². The van der Waals surface area contributed by atoms with E-state index in [1.807, 2.05) is 6.07 Å². The Morgan fingerprint density at radius 1 is 1.05 bits per heavy atom. The van der Waals surface area contributed by atoms with Gasteiger partial charge in [0.2, 0.25) is 0 Å². The first-order valence-electron chi connectivity index (χ1n) is 8.03. The maximum absolute atomic E-state index is 4.71. The standard InChI is InChI=1S/C16H29BrN4/c1-6-20(7-2)10-9-11-21(8-3)15-12-14(17)18-16(19-15)13(4)5/h12-13H,6-11H2,1-5H3. The van der Waals surface area contributed by atoms with E-state index in [-0.39, 0.29) is 0 Å². The molecule has 0 saturated carbocycles. The van der Waals surface area contributed by atoms with Crippen LogP contribution in [0, 0.1) is 0 Å². The van der Waals surface area contributed by atoms with Crippen molar-refractivity contribution in [3.8, 4) is 0 Å². The monoisotopic (exact) mass is 356 g/mol. The highest BCUT2D eigenvalue weighted by molar-refractivity contribution is 9.10. The van der Waals surface area contributed by atoms with Gasteiger partial charge in [-0.05, 0) is 48.9 Å². The van der Waals surface area contributed by atoms with Crippen LogP contribution in [0.1, 0.15) is 52.8 Å². The summed E-state index contributed by atoms with van der Waals surface area (Å²) in [5, 5.41) is 0. The van der Waals surface area contributed by atoms with Crippen molar-refractivity contribution >= 4 is 21.7 Å². The Morgan fingerprint density at radius 3 is 2.24 bits per heavy atom. The molecule has 1 aromatic heterocycles. The van der Waals surface area contributed by atoms with Crippen LogP contribution >= 0.6 is 15.9 Å². The third-order valence-corrected chi connectivity index (χ3v) is 4.12. The molecule has 0 N–H and O–H groups in total. The van der Waals surface area contributed by atoms with Crippen LogP contribution in [0.2, 0.25) is 0 Å². The summed E-state index contributed by atoms with van der Waals surface area (Å²) in [7, 11) is 0. The molecule has 120 valence electrons. The number of aromatic nitrogens is 2. The van der Waals surface area contributed by atoms with E-state index in [4.69, 9.17) is 4.98 Å². The van der Waals surface area contributed by atoms with E-state index in [1.165, 1.54) is 0 Å². The summed E-state index contributed by atoms with van der Waals surface area (Å²) in [6, 6.07) is 2.02. The molecule has 0 aliphatic carbocycles. The normalized spacial score (nSPS) is 11.4. The van der Waals surface area contributed by atoms with Crippen molar-refractivity contribution in [3.63, 3.8) is 0 Å². The quantitative estimate of drug-likeness (QED) is 0.627. The molecule has 0 radical (unpaired) electrons. The van der Waals surface area contributed by atoms with Crippen molar-refractivity contribution in [2.24, 2.45) is 0 Å². The predicted molar refractivity (Wildman–Crippen MR) is 94.1 cm³/mol. The van der Waals surface area contributed by atoms with Crippen LogP contribution in [0.4, 0.5) is 5.82 Å². The molecule has 5 heteroatoms. The van der Waals surface area contributed by atoms with Gasteiger partial charge in [0, 0.05) is 25.1 Å². The molecule has 0 saturated heterocycles. The van der Waals surface area contributed by atoms with Gasteiger partial charge in [0.25, 0.3) is 0 Å². The summed E-state index contributed by atoms with van der Waals surface area (Å²) in [5.74, 6) is 2.28. The zero-order chi connectivity index (χ0) is 15.8. The highest BCUT2D eigenvalue weighted by Gasteiger charge is 2.12. The van der Waals surface area contributed by atoms with E-state index < -0.39 is 0 Å². The zero-order valence-electron chi connectivity index (χ0n) is 14.1. The van der Waals surface area contributed by atoms with Crippen molar-refractivity contribution in [2.75, 3.05) is 37.6 Å². The SMILES string of the molecule is CCN(CC)CCCN(CC)c1cc(Br)nc(C(C)C)n1. The molecular formula is C16H29BrN4. The minimum Gasteiger partial charge on any atom is -0.357 e. The van der Waals surface area contributed by atoms with Crippen LogP contribution in [0.5, 0.6) is 0 Å². The fourth-order valence-electron chi connectivity index (χ4n) is 2.30. The lowest BCUT2D eigenvalue weighted by Crippen LogP contribution is -2.30. The summed E-state index contributed by atoms with van der Waals surface area (Å²) >= 11 is 3.51. The number of anilines is 1. The van der Waals surface area contributed by atoms with Crippen molar-refractivity contribution in [3.05, 3.63) is 16.5 Å². The number of hydrogen-bond donors (Lipinski definition) is 0. The van der Waals surface area contributed by atoms with Gasteiger partial charge in [0.05, 0.1) is 0 Å². The maximum Gasteiger partial charge on any atom is 0.134 e. The Balaban J connectivity index is 2.71. The lowest BCUT2D eigenvalue weighted by Gasteiger charge is -2.25. The molecule has 0 aliphatic heterocycles. The van der Waals surface area contributed by atoms with Crippen LogP contribution in [0.15, 0.2) is 10.7 Å². The maximum atomic E-state index is 4.71. The second-order valence-corrected chi connectivity index (χ2v) is 6.33. The number of nitrogens with zero attached hydrogens (tertiary/aromatic N) is 4. The largest absolute Gasteiger partial charge is 0.357 e. The molecule has 0 spiro atoms. The van der Waals surface area contributed by atoms with Gasteiger partial charge in [-0.2, -0.15) is 0 Å². The van der Waals surface area contributed by atoms with Crippen molar-refractivity contribution in [1.82, 2.24) is 14.9 Å². The van der Waals surface area contributed by atoms with Gasteiger partial charge >= 0.3 is 0 Å². The van der Waals surface area contributed by atoms with E-state index in [2.05, 4.69) is 65.3 Å². The highest BCUT2D eigenvalue weighted by Crippen LogP contribution is 2.20. The Hall–Kier alpha value is -0.680. The van der Waals surface area contributed by atoms with E-state index in [9.17, 15) is 0 Å². The number of rotatable bonds is 9. The van der Waals surface area contributed by atoms with Gasteiger partial charge in [-0.25, -0.2) is 9.97 Å². The van der Waals surface area contributed by atoms with Crippen molar-refractivity contribution in [1.29, 1.82) is 0 Å². The third kappa shape index (κ3) is 5.91. The first kappa shape index (κ1) is 18.4. The second-order valence-electron chi connectivity index (χ2n) is 5.52. The first-order valence-corrected chi connectivity index (χ1v) is 8.82. The topological polar surface area (TPSA) is 32.3 Å². The van der Waals surface area contributed by atoms with Crippen LogP contribution < -0.4 is 4.90 Å². The molecular weight excluding hydrogens is 328 g/mol. The minimum atomic E-state index is 0.343. The average molecular weight is 357 g/mol. The van der Waals surface area contributed by atoms with Crippen LogP contribution in [-0.2, 0) is 0 Å². The van der Waals surface area contributed by atoms with Gasteiger partial charge < -0.3 is 9.80 Å². The number of halogens is 1. The third-order valence-electron chi connectivity index (χ3n) is 3.72. The van der Waals surface area contributed by atoms with Gasteiger partial charge in [-0.15, -0.1) is 0 Å². The molecule has 0 atom stereocenters. The first-order chi connectivity index (χ1) is 10.0. The highest BCUT2D eigenvalue weighted by atomic mass is 79.9. The summed E-state index contributed by atoms with van der Waals surface area (Å²) in [6.45, 7) is 16.3. The summed E-state index contributed by atoms with van der Waals surface area (Å²) in [5.41, 5.74) is 0. The van der Waals surface area contributed by atoms with E-state index >= 15 is 0 Å². The summed E-state index contributed by atoms with van der Waals surface area (Å²) in [6.07, 6.45) is 1.16. The molecule has 1 aromatic rings. The molecule has 0 aromatic carbocycles. The molecule has 0 aliphatic rings. The molecule has 0 unspecified atom stereocenters. The average Bonchev–Trinajstić information content (AvgIpc) is 2.47. The molecule has 0 bridgehead atoms. The molecule has 0 amide bonds. The summed E-state index contributed by atoms with van der Waals surface area (Å²) < 4.78 is 0.874. The molecule has 21 heavy (non-hydrogen) atoms. The van der Waals surface area contributed by atoms with Crippen LogP contribution in [0.25, 0.3) is 0 Å². The molecule has 0 fully saturated rings. The number of hydrogen-bond acceptors (Lipinski definition) is 4. The lowest BCUT2D eigenvalue weighted by atomic mass is 10.2.